The smallest absolute Gasteiger partial charge is 0.347 e. The maximum absolute atomic E-state index is 11.8. The van der Waals surface area contributed by atoms with Gasteiger partial charge in [0.1, 0.15) is 6.54 Å². The summed E-state index contributed by atoms with van der Waals surface area (Å²) in [6, 6.07) is 1.15. The summed E-state index contributed by atoms with van der Waals surface area (Å²) in [6.45, 7) is 1.84. The van der Waals surface area contributed by atoms with E-state index in [0.29, 0.717) is 6.42 Å². The van der Waals surface area contributed by atoms with Crippen molar-refractivity contribution < 1.29 is 14.7 Å². The van der Waals surface area contributed by atoms with Crippen LogP contribution in [0.4, 0.5) is 0 Å². The number of carboxylic acid groups (broad SMARTS) is 1. The van der Waals surface area contributed by atoms with Crippen LogP contribution >= 0.6 is 0 Å². The Kier molecular flexibility index (Phi) is 6.42. The standard InChI is InChI=1S/C13H19N3O4/c1-2-3-5-10(8-12(18)19)15-11(17)9-16-7-4-6-14-13(16)20/h4,6-7,10H,2-3,5,8-9H2,1H3,(H,15,17)(H,18,19). The molecule has 1 unspecified atom stereocenters. The third-order valence-electron chi connectivity index (χ3n) is 2.79. The van der Waals surface area contributed by atoms with Crippen LogP contribution < -0.4 is 11.0 Å². The number of hydrogen-bond donors (Lipinski definition) is 2. The molecule has 0 aliphatic carbocycles. The summed E-state index contributed by atoms with van der Waals surface area (Å²) in [5.41, 5.74) is -0.508. The number of nitrogens with one attached hydrogen (secondary N) is 1. The molecule has 0 spiro atoms. The van der Waals surface area contributed by atoms with Crippen molar-refractivity contribution in [1.82, 2.24) is 14.9 Å². The average Bonchev–Trinajstić information content (AvgIpc) is 2.38. The molecule has 110 valence electrons. The molecule has 2 N–H and O–H groups in total. The number of carbonyl (C=O) groups excluding carboxylic acids is 1. The van der Waals surface area contributed by atoms with Gasteiger partial charge in [-0.25, -0.2) is 9.78 Å². The first-order valence-corrected chi connectivity index (χ1v) is 6.55. The maximum atomic E-state index is 11.8. The summed E-state index contributed by atoms with van der Waals surface area (Å²) in [5.74, 6) is -1.34. The Balaban J connectivity index is 2.59. The highest BCUT2D eigenvalue weighted by molar-refractivity contribution is 5.77. The van der Waals surface area contributed by atoms with Crippen molar-refractivity contribution in [2.75, 3.05) is 0 Å². The van der Waals surface area contributed by atoms with Gasteiger partial charge in [-0.2, -0.15) is 0 Å². The van der Waals surface area contributed by atoms with Crippen LogP contribution in [0.3, 0.4) is 0 Å². The van der Waals surface area contributed by atoms with Crippen molar-refractivity contribution >= 4 is 11.9 Å². The molecule has 0 fully saturated rings. The molecule has 0 bridgehead atoms. The lowest BCUT2D eigenvalue weighted by Gasteiger charge is -2.16. The van der Waals surface area contributed by atoms with Gasteiger partial charge < -0.3 is 10.4 Å². The molecule has 1 rings (SSSR count). The van der Waals surface area contributed by atoms with Crippen molar-refractivity contribution in [1.29, 1.82) is 0 Å². The van der Waals surface area contributed by atoms with E-state index in [1.54, 1.807) is 6.07 Å². The summed E-state index contributed by atoms with van der Waals surface area (Å²) < 4.78 is 1.17. The molecule has 0 aromatic carbocycles. The third kappa shape index (κ3) is 5.64. The number of unbranched alkanes of at least 4 members (excludes halogenated alkanes) is 1. The third-order valence-corrected chi connectivity index (χ3v) is 2.79. The molecule has 1 aromatic rings. The maximum Gasteiger partial charge on any atom is 0.347 e. The monoisotopic (exact) mass is 281 g/mol. The lowest BCUT2D eigenvalue weighted by molar-refractivity contribution is -0.137. The Morgan fingerprint density at radius 3 is 2.85 bits per heavy atom. The molecular weight excluding hydrogens is 262 g/mol. The molecule has 1 atom stereocenters. The van der Waals surface area contributed by atoms with Crippen LogP contribution in [-0.4, -0.2) is 32.6 Å². The van der Waals surface area contributed by atoms with E-state index in [0.717, 1.165) is 12.8 Å². The quantitative estimate of drug-likeness (QED) is 0.718. The predicted molar refractivity (Wildman–Crippen MR) is 72.2 cm³/mol. The minimum atomic E-state index is -0.954. The topological polar surface area (TPSA) is 101 Å². The second-order valence-corrected chi connectivity index (χ2v) is 4.53. The summed E-state index contributed by atoms with van der Waals surface area (Å²) >= 11 is 0. The van der Waals surface area contributed by atoms with Crippen LogP contribution in [0, 0.1) is 0 Å². The Bertz CT molecular complexity index is 512. The highest BCUT2D eigenvalue weighted by Gasteiger charge is 2.15. The second kappa shape index (κ2) is 8.08. The van der Waals surface area contributed by atoms with Crippen LogP contribution in [0.1, 0.15) is 32.6 Å². The number of nitrogens with zero attached hydrogens (tertiary/aromatic N) is 2. The van der Waals surface area contributed by atoms with E-state index in [2.05, 4.69) is 10.3 Å². The SMILES string of the molecule is CCCCC(CC(=O)O)NC(=O)Cn1cccnc1=O. The van der Waals surface area contributed by atoms with Crippen LogP contribution in [0.2, 0.25) is 0 Å². The Morgan fingerprint density at radius 2 is 2.25 bits per heavy atom. The van der Waals surface area contributed by atoms with Gasteiger partial charge in [0, 0.05) is 18.4 Å². The Hall–Kier alpha value is -2.18. The van der Waals surface area contributed by atoms with E-state index in [4.69, 9.17) is 5.11 Å². The van der Waals surface area contributed by atoms with Gasteiger partial charge in [-0.3, -0.25) is 14.2 Å². The fourth-order valence-electron chi connectivity index (χ4n) is 1.82. The summed E-state index contributed by atoms with van der Waals surface area (Å²) in [4.78, 5) is 37.5. The zero-order valence-electron chi connectivity index (χ0n) is 11.4. The summed E-state index contributed by atoms with van der Waals surface area (Å²) in [6.07, 6.45) is 5.07. The molecule has 0 aliphatic heterocycles. The second-order valence-electron chi connectivity index (χ2n) is 4.53. The number of hydrogen-bond acceptors (Lipinski definition) is 4. The van der Waals surface area contributed by atoms with Crippen LogP contribution in [0.15, 0.2) is 23.3 Å². The number of aliphatic carboxylic acids is 1. The van der Waals surface area contributed by atoms with Crippen molar-refractivity contribution in [3.63, 3.8) is 0 Å². The molecule has 20 heavy (non-hydrogen) atoms. The fraction of sp³-hybridized carbons (Fsp3) is 0.538. The number of carbonyl (C=O) groups is 2. The number of aromatic nitrogens is 2. The molecule has 1 amide bonds. The Morgan fingerprint density at radius 1 is 1.50 bits per heavy atom. The molecule has 0 saturated carbocycles. The lowest BCUT2D eigenvalue weighted by atomic mass is 10.1. The number of rotatable bonds is 8. The van der Waals surface area contributed by atoms with Crippen molar-refractivity contribution in [2.45, 2.75) is 45.2 Å². The highest BCUT2D eigenvalue weighted by atomic mass is 16.4. The van der Waals surface area contributed by atoms with Gasteiger partial charge in [-0.05, 0) is 12.5 Å². The van der Waals surface area contributed by atoms with Gasteiger partial charge in [0.15, 0.2) is 0 Å². The fourth-order valence-corrected chi connectivity index (χ4v) is 1.82. The molecular formula is C13H19N3O4. The van der Waals surface area contributed by atoms with Crippen LogP contribution in [-0.2, 0) is 16.1 Å². The molecule has 0 radical (unpaired) electrons. The lowest BCUT2D eigenvalue weighted by Crippen LogP contribution is -2.40. The predicted octanol–water partition coefficient (Wildman–Crippen LogP) is 0.393. The highest BCUT2D eigenvalue weighted by Crippen LogP contribution is 2.04. The largest absolute Gasteiger partial charge is 0.481 e. The molecule has 7 heteroatoms. The van der Waals surface area contributed by atoms with Crippen LogP contribution in [0.25, 0.3) is 0 Å². The molecule has 0 aliphatic rings. The number of amides is 1. The minimum absolute atomic E-state index is 0.117. The average molecular weight is 281 g/mol. The van der Waals surface area contributed by atoms with Gasteiger partial charge in [0.25, 0.3) is 0 Å². The van der Waals surface area contributed by atoms with Gasteiger partial charge in [0.2, 0.25) is 5.91 Å². The van der Waals surface area contributed by atoms with Crippen LogP contribution in [0.5, 0.6) is 0 Å². The number of carboxylic acids is 1. The zero-order chi connectivity index (χ0) is 15.0. The molecule has 0 saturated heterocycles. The molecule has 1 heterocycles. The van der Waals surface area contributed by atoms with Crippen molar-refractivity contribution in [3.8, 4) is 0 Å². The van der Waals surface area contributed by atoms with E-state index < -0.39 is 17.7 Å². The first kappa shape index (κ1) is 15.9. The van der Waals surface area contributed by atoms with Gasteiger partial charge in [-0.15, -0.1) is 0 Å². The summed E-state index contributed by atoms with van der Waals surface area (Å²) in [5, 5.41) is 11.5. The normalized spacial score (nSPS) is 11.8. The summed E-state index contributed by atoms with van der Waals surface area (Å²) in [7, 11) is 0. The Labute approximate surface area is 116 Å². The van der Waals surface area contributed by atoms with Gasteiger partial charge >= 0.3 is 11.7 Å². The molecule has 1 aromatic heterocycles. The van der Waals surface area contributed by atoms with Crippen molar-refractivity contribution in [3.05, 3.63) is 28.9 Å². The van der Waals surface area contributed by atoms with E-state index in [1.807, 2.05) is 6.92 Å². The van der Waals surface area contributed by atoms with Gasteiger partial charge in [0.05, 0.1) is 6.42 Å². The van der Waals surface area contributed by atoms with Gasteiger partial charge in [-0.1, -0.05) is 19.8 Å². The minimum Gasteiger partial charge on any atom is -0.481 e. The first-order valence-electron chi connectivity index (χ1n) is 6.55. The zero-order valence-corrected chi connectivity index (χ0v) is 11.4. The molecule has 7 nitrogen and oxygen atoms in total. The van der Waals surface area contributed by atoms with Crippen molar-refractivity contribution in [2.24, 2.45) is 0 Å². The van der Waals surface area contributed by atoms with E-state index in [-0.39, 0.29) is 18.9 Å². The van der Waals surface area contributed by atoms with E-state index in [1.165, 1.54) is 17.0 Å². The van der Waals surface area contributed by atoms with E-state index in [9.17, 15) is 14.4 Å². The van der Waals surface area contributed by atoms with E-state index >= 15 is 0 Å². The first-order chi connectivity index (χ1) is 9.52.